The van der Waals surface area contributed by atoms with Gasteiger partial charge >= 0.3 is 6.01 Å². The van der Waals surface area contributed by atoms with Gasteiger partial charge in [-0.05, 0) is 26.4 Å². The van der Waals surface area contributed by atoms with Gasteiger partial charge in [0, 0.05) is 19.6 Å². The first-order chi connectivity index (χ1) is 9.92. The van der Waals surface area contributed by atoms with Crippen LogP contribution in [0.1, 0.15) is 27.2 Å². The minimum Gasteiger partial charge on any atom is -0.463 e. The normalized spacial score (nSPS) is 11.2. The van der Waals surface area contributed by atoms with Crippen molar-refractivity contribution in [1.29, 1.82) is 0 Å². The molecule has 2 N–H and O–H groups in total. The highest BCUT2D eigenvalue weighted by molar-refractivity contribution is 5.36. The van der Waals surface area contributed by atoms with E-state index in [-0.39, 0.29) is 5.95 Å². The molecule has 0 radical (unpaired) electrons. The molecular weight excluding hydrogens is 268 g/mol. The summed E-state index contributed by atoms with van der Waals surface area (Å²) < 4.78 is 5.48. The second kappa shape index (κ2) is 8.61. The fraction of sp³-hybridized carbons (Fsp3) is 0.786. The first-order valence-electron chi connectivity index (χ1n) is 7.46. The maximum Gasteiger partial charge on any atom is 0.323 e. The van der Waals surface area contributed by atoms with Gasteiger partial charge in [-0.1, -0.05) is 20.8 Å². The summed E-state index contributed by atoms with van der Waals surface area (Å²) in [5, 5.41) is 0. The molecule has 0 saturated carbocycles. The van der Waals surface area contributed by atoms with Gasteiger partial charge in [-0.25, -0.2) is 0 Å². The van der Waals surface area contributed by atoms with Crippen molar-refractivity contribution in [3.05, 3.63) is 0 Å². The van der Waals surface area contributed by atoms with E-state index in [4.69, 9.17) is 10.5 Å². The van der Waals surface area contributed by atoms with Crippen LogP contribution in [0.2, 0.25) is 0 Å². The van der Waals surface area contributed by atoms with Crippen LogP contribution in [0.5, 0.6) is 6.01 Å². The summed E-state index contributed by atoms with van der Waals surface area (Å²) in [5.41, 5.74) is 5.78. The van der Waals surface area contributed by atoms with Gasteiger partial charge in [0.25, 0.3) is 0 Å². The number of anilines is 2. The fourth-order valence-corrected chi connectivity index (χ4v) is 1.79. The molecule has 7 heteroatoms. The van der Waals surface area contributed by atoms with Crippen LogP contribution >= 0.6 is 0 Å². The lowest BCUT2D eigenvalue weighted by molar-refractivity contribution is 0.291. The lowest BCUT2D eigenvalue weighted by Gasteiger charge is -2.26. The summed E-state index contributed by atoms with van der Waals surface area (Å²) in [6.45, 7) is 9.57. The highest BCUT2D eigenvalue weighted by Gasteiger charge is 2.15. The van der Waals surface area contributed by atoms with Gasteiger partial charge in [0.2, 0.25) is 11.9 Å². The number of ether oxygens (including phenoxy) is 1. The monoisotopic (exact) mass is 296 g/mol. The van der Waals surface area contributed by atoms with E-state index in [1.807, 2.05) is 21.0 Å². The van der Waals surface area contributed by atoms with Crippen LogP contribution in [0.4, 0.5) is 11.9 Å². The van der Waals surface area contributed by atoms with E-state index in [1.165, 1.54) is 0 Å². The standard InChI is InChI=1S/C14H28N6O/c1-6-9-21-14-17-12(15)16-13(18-14)20(10-11(2)3)8-7-19(4)5/h11H,6-10H2,1-5H3,(H2,15,16,17,18). The van der Waals surface area contributed by atoms with Crippen molar-refractivity contribution < 1.29 is 4.74 Å². The van der Waals surface area contributed by atoms with E-state index in [0.29, 0.717) is 24.5 Å². The zero-order valence-electron chi connectivity index (χ0n) is 13.8. The number of likely N-dealkylation sites (N-methyl/N-ethyl adjacent to an activating group) is 1. The molecule has 0 aliphatic rings. The van der Waals surface area contributed by atoms with Gasteiger partial charge in [-0.3, -0.25) is 0 Å². The first kappa shape index (κ1) is 17.4. The molecule has 7 nitrogen and oxygen atoms in total. The Hall–Kier alpha value is -1.63. The second-order valence-electron chi connectivity index (χ2n) is 5.77. The van der Waals surface area contributed by atoms with E-state index >= 15 is 0 Å². The highest BCUT2D eigenvalue weighted by atomic mass is 16.5. The molecule has 1 aromatic rings. The van der Waals surface area contributed by atoms with Crippen molar-refractivity contribution in [1.82, 2.24) is 19.9 Å². The molecule has 0 aliphatic carbocycles. The molecule has 0 aromatic carbocycles. The lowest BCUT2D eigenvalue weighted by atomic mass is 10.2. The van der Waals surface area contributed by atoms with Crippen LogP contribution in [0, 0.1) is 5.92 Å². The molecule has 1 aromatic heterocycles. The molecule has 1 rings (SSSR count). The third kappa shape index (κ3) is 6.57. The van der Waals surface area contributed by atoms with Crippen molar-refractivity contribution in [2.75, 3.05) is 51.0 Å². The Balaban J connectivity index is 2.90. The summed E-state index contributed by atoms with van der Waals surface area (Å²) in [6.07, 6.45) is 0.900. The summed E-state index contributed by atoms with van der Waals surface area (Å²) in [5.74, 6) is 1.29. The van der Waals surface area contributed by atoms with Gasteiger partial charge in [-0.2, -0.15) is 15.0 Å². The Kier molecular flexibility index (Phi) is 7.14. The van der Waals surface area contributed by atoms with Crippen LogP contribution in [0.3, 0.4) is 0 Å². The van der Waals surface area contributed by atoms with Crippen LogP contribution in [0.15, 0.2) is 0 Å². The van der Waals surface area contributed by atoms with Crippen LogP contribution in [-0.2, 0) is 0 Å². The summed E-state index contributed by atoms with van der Waals surface area (Å²) in [7, 11) is 4.09. The van der Waals surface area contributed by atoms with E-state index in [9.17, 15) is 0 Å². The molecule has 0 saturated heterocycles. The molecule has 0 fully saturated rings. The number of nitrogens with two attached hydrogens (primary N) is 1. The molecule has 1 heterocycles. The van der Waals surface area contributed by atoms with Crippen LogP contribution in [0.25, 0.3) is 0 Å². The summed E-state index contributed by atoms with van der Waals surface area (Å²) in [6, 6.07) is 0.304. The third-order valence-electron chi connectivity index (χ3n) is 2.74. The number of rotatable bonds is 9. The second-order valence-corrected chi connectivity index (χ2v) is 5.77. The average molecular weight is 296 g/mol. The topological polar surface area (TPSA) is 80.4 Å². The maximum atomic E-state index is 5.78. The van der Waals surface area contributed by atoms with Gasteiger partial charge in [0.05, 0.1) is 6.61 Å². The minimum atomic E-state index is 0.199. The predicted molar refractivity (Wildman–Crippen MR) is 85.6 cm³/mol. The number of nitrogens with zero attached hydrogens (tertiary/aromatic N) is 5. The lowest BCUT2D eigenvalue weighted by Crippen LogP contribution is -2.35. The zero-order valence-corrected chi connectivity index (χ0v) is 13.8. The van der Waals surface area contributed by atoms with Crippen LogP contribution in [-0.4, -0.2) is 60.2 Å². The molecule has 0 atom stereocenters. The summed E-state index contributed by atoms with van der Waals surface area (Å²) >= 11 is 0. The highest BCUT2D eigenvalue weighted by Crippen LogP contribution is 2.15. The summed E-state index contributed by atoms with van der Waals surface area (Å²) in [4.78, 5) is 16.9. The van der Waals surface area contributed by atoms with E-state index in [1.54, 1.807) is 0 Å². The third-order valence-corrected chi connectivity index (χ3v) is 2.74. The van der Waals surface area contributed by atoms with E-state index in [2.05, 4.69) is 38.6 Å². The largest absolute Gasteiger partial charge is 0.463 e. The Morgan fingerprint density at radius 1 is 1.14 bits per heavy atom. The molecule has 21 heavy (non-hydrogen) atoms. The van der Waals surface area contributed by atoms with Gasteiger partial charge in [0.15, 0.2) is 0 Å². The predicted octanol–water partition coefficient (Wildman–Crippen LogP) is 1.27. The molecule has 0 amide bonds. The van der Waals surface area contributed by atoms with Crippen molar-refractivity contribution >= 4 is 11.9 Å². The zero-order chi connectivity index (χ0) is 15.8. The minimum absolute atomic E-state index is 0.199. The van der Waals surface area contributed by atoms with Gasteiger partial charge < -0.3 is 20.3 Å². The molecule has 0 aliphatic heterocycles. The maximum absolute atomic E-state index is 5.78. The van der Waals surface area contributed by atoms with E-state index in [0.717, 1.165) is 26.1 Å². The Morgan fingerprint density at radius 3 is 2.43 bits per heavy atom. The van der Waals surface area contributed by atoms with Crippen molar-refractivity contribution in [3.8, 4) is 6.01 Å². The fourth-order valence-electron chi connectivity index (χ4n) is 1.79. The molecule has 0 unspecified atom stereocenters. The van der Waals surface area contributed by atoms with Gasteiger partial charge in [-0.15, -0.1) is 0 Å². The van der Waals surface area contributed by atoms with Crippen molar-refractivity contribution in [2.24, 2.45) is 5.92 Å². The average Bonchev–Trinajstić information content (AvgIpc) is 2.40. The molecule has 0 bridgehead atoms. The van der Waals surface area contributed by atoms with Crippen molar-refractivity contribution in [3.63, 3.8) is 0 Å². The Bertz CT molecular complexity index is 424. The molecule has 120 valence electrons. The molecular formula is C14H28N6O. The smallest absolute Gasteiger partial charge is 0.323 e. The quantitative estimate of drug-likeness (QED) is 0.735. The van der Waals surface area contributed by atoms with Crippen molar-refractivity contribution in [2.45, 2.75) is 27.2 Å². The van der Waals surface area contributed by atoms with Crippen LogP contribution < -0.4 is 15.4 Å². The Morgan fingerprint density at radius 2 is 1.86 bits per heavy atom. The number of aromatic nitrogens is 3. The molecule has 0 spiro atoms. The Labute approximate surface area is 127 Å². The number of hydrogen-bond donors (Lipinski definition) is 1. The first-order valence-corrected chi connectivity index (χ1v) is 7.46. The SMILES string of the molecule is CCCOc1nc(N)nc(N(CCN(C)C)CC(C)C)n1. The number of hydrogen-bond acceptors (Lipinski definition) is 7. The number of nitrogen functional groups attached to an aromatic ring is 1. The van der Waals surface area contributed by atoms with Gasteiger partial charge in [0.1, 0.15) is 0 Å². The van der Waals surface area contributed by atoms with E-state index < -0.39 is 0 Å².